The van der Waals surface area contributed by atoms with Gasteiger partial charge >= 0.3 is 5.97 Å². The van der Waals surface area contributed by atoms with Crippen molar-refractivity contribution in [2.24, 2.45) is 0 Å². The van der Waals surface area contributed by atoms with E-state index in [4.69, 9.17) is 16.3 Å². The minimum absolute atomic E-state index is 0.244. The van der Waals surface area contributed by atoms with Crippen LogP contribution in [0.1, 0.15) is 36.0 Å². The second kappa shape index (κ2) is 9.37. The molecule has 1 aromatic heterocycles. The second-order valence-corrected chi connectivity index (χ2v) is 6.83. The minimum atomic E-state index is -0.620. The first-order chi connectivity index (χ1) is 13.1. The fourth-order valence-electron chi connectivity index (χ4n) is 2.99. The minimum Gasteiger partial charge on any atom is -0.452 e. The number of halogens is 1. The molecule has 1 amide bonds. The molecule has 1 saturated heterocycles. The third-order valence-corrected chi connectivity index (χ3v) is 4.64. The van der Waals surface area contributed by atoms with Crippen LogP contribution >= 0.6 is 11.6 Å². The van der Waals surface area contributed by atoms with Gasteiger partial charge in [-0.05, 0) is 49.2 Å². The quantitative estimate of drug-likeness (QED) is 0.622. The molecule has 0 unspecified atom stereocenters. The van der Waals surface area contributed by atoms with Gasteiger partial charge in [0.15, 0.2) is 6.61 Å². The van der Waals surface area contributed by atoms with E-state index < -0.39 is 11.9 Å². The first-order valence-electron chi connectivity index (χ1n) is 9.05. The van der Waals surface area contributed by atoms with Crippen LogP contribution in [-0.2, 0) is 9.53 Å². The zero-order valence-electron chi connectivity index (χ0n) is 15.0. The van der Waals surface area contributed by atoms with E-state index in [9.17, 15) is 9.59 Å². The number of carbonyl (C=O) groups is 2. The maximum atomic E-state index is 12.0. The van der Waals surface area contributed by atoms with E-state index in [0.717, 1.165) is 18.8 Å². The molecule has 6 nitrogen and oxygen atoms in total. The zero-order chi connectivity index (χ0) is 19.1. The molecule has 0 aliphatic carbocycles. The van der Waals surface area contributed by atoms with E-state index in [0.29, 0.717) is 5.69 Å². The molecule has 1 aliphatic heterocycles. The molecule has 7 heteroatoms. The molecule has 1 aromatic carbocycles. The summed E-state index contributed by atoms with van der Waals surface area (Å²) in [7, 11) is 0. The van der Waals surface area contributed by atoms with Gasteiger partial charge in [0.25, 0.3) is 5.91 Å². The van der Waals surface area contributed by atoms with Gasteiger partial charge in [-0.25, -0.2) is 9.78 Å². The number of anilines is 2. The number of carbonyl (C=O) groups excluding carboxylic acids is 2. The number of aromatic nitrogens is 1. The Morgan fingerprint density at radius 2 is 1.74 bits per heavy atom. The fraction of sp³-hybridized carbons (Fsp3) is 0.350. The lowest BCUT2D eigenvalue weighted by Gasteiger charge is -2.22. The van der Waals surface area contributed by atoms with Crippen molar-refractivity contribution in [3.63, 3.8) is 0 Å². The van der Waals surface area contributed by atoms with Gasteiger partial charge in [0.2, 0.25) is 0 Å². The summed E-state index contributed by atoms with van der Waals surface area (Å²) in [5, 5.41) is 3.01. The van der Waals surface area contributed by atoms with Gasteiger partial charge in [0, 0.05) is 30.7 Å². The molecule has 0 saturated carbocycles. The highest BCUT2D eigenvalue weighted by Crippen LogP contribution is 2.21. The van der Waals surface area contributed by atoms with E-state index in [2.05, 4.69) is 15.2 Å². The van der Waals surface area contributed by atoms with Crippen LogP contribution in [0.3, 0.4) is 0 Å². The maximum absolute atomic E-state index is 12.0. The summed E-state index contributed by atoms with van der Waals surface area (Å²) in [5.74, 6) is -1.02. The van der Waals surface area contributed by atoms with Crippen LogP contribution in [0.4, 0.5) is 11.4 Å². The van der Waals surface area contributed by atoms with Crippen LogP contribution in [0.2, 0.25) is 5.15 Å². The topological polar surface area (TPSA) is 71.5 Å². The number of hydrogen-bond acceptors (Lipinski definition) is 5. The largest absolute Gasteiger partial charge is 0.452 e. The first-order valence-corrected chi connectivity index (χ1v) is 9.43. The average molecular weight is 388 g/mol. The van der Waals surface area contributed by atoms with E-state index in [-0.39, 0.29) is 17.3 Å². The van der Waals surface area contributed by atoms with E-state index in [1.54, 1.807) is 0 Å². The van der Waals surface area contributed by atoms with Crippen molar-refractivity contribution in [2.45, 2.75) is 25.7 Å². The van der Waals surface area contributed by atoms with Crippen molar-refractivity contribution in [3.05, 3.63) is 53.3 Å². The molecule has 0 atom stereocenters. The number of nitrogens with one attached hydrogen (secondary N) is 1. The van der Waals surface area contributed by atoms with Crippen LogP contribution in [0, 0.1) is 0 Å². The Hall–Kier alpha value is -2.60. The van der Waals surface area contributed by atoms with Crippen LogP contribution in [0.25, 0.3) is 0 Å². The number of ether oxygens (including phenoxy) is 1. The Morgan fingerprint density at radius 1 is 1.04 bits per heavy atom. The molecule has 0 bridgehead atoms. The molecule has 27 heavy (non-hydrogen) atoms. The van der Waals surface area contributed by atoms with Crippen molar-refractivity contribution in [1.29, 1.82) is 0 Å². The lowest BCUT2D eigenvalue weighted by Crippen LogP contribution is -2.24. The highest BCUT2D eigenvalue weighted by molar-refractivity contribution is 6.29. The van der Waals surface area contributed by atoms with Gasteiger partial charge in [-0.3, -0.25) is 4.79 Å². The SMILES string of the molecule is O=C(COC(=O)c1ccc(Cl)nc1)Nc1ccc(N2CCCCCC2)cc1. The number of amides is 1. The second-order valence-electron chi connectivity index (χ2n) is 6.44. The summed E-state index contributed by atoms with van der Waals surface area (Å²) in [6.07, 6.45) is 6.31. The number of hydrogen-bond donors (Lipinski definition) is 1. The molecule has 0 radical (unpaired) electrons. The van der Waals surface area contributed by atoms with E-state index in [1.165, 1.54) is 44.0 Å². The Balaban J connectivity index is 1.48. The van der Waals surface area contributed by atoms with E-state index >= 15 is 0 Å². The van der Waals surface area contributed by atoms with Crippen molar-refractivity contribution in [1.82, 2.24) is 4.98 Å². The fourth-order valence-corrected chi connectivity index (χ4v) is 3.10. The van der Waals surface area contributed by atoms with Gasteiger partial charge in [0.05, 0.1) is 5.56 Å². The molecular formula is C20H22ClN3O3. The predicted octanol–water partition coefficient (Wildman–Crippen LogP) is 3.91. The Labute approximate surface area is 163 Å². The van der Waals surface area contributed by atoms with Crippen LogP contribution in [-0.4, -0.2) is 36.6 Å². The standard InChI is InChI=1S/C20H22ClN3O3/c21-18-10-5-15(13-22-18)20(26)27-14-19(25)23-16-6-8-17(9-7-16)24-11-3-1-2-4-12-24/h5-10,13H,1-4,11-12,14H2,(H,23,25). The molecule has 2 heterocycles. The summed E-state index contributed by atoms with van der Waals surface area (Å²) in [5.41, 5.74) is 2.08. The van der Waals surface area contributed by atoms with Gasteiger partial charge in [-0.15, -0.1) is 0 Å². The van der Waals surface area contributed by atoms with Gasteiger partial charge in [-0.1, -0.05) is 24.4 Å². The Bertz CT molecular complexity index is 770. The van der Waals surface area contributed by atoms with Gasteiger partial charge in [-0.2, -0.15) is 0 Å². The van der Waals surface area contributed by atoms with Crippen molar-refractivity contribution in [3.8, 4) is 0 Å². The molecular weight excluding hydrogens is 366 g/mol. The van der Waals surface area contributed by atoms with Crippen LogP contribution in [0.5, 0.6) is 0 Å². The van der Waals surface area contributed by atoms with E-state index in [1.807, 2.05) is 24.3 Å². The maximum Gasteiger partial charge on any atom is 0.340 e. The molecule has 1 aliphatic rings. The number of esters is 1. The zero-order valence-corrected chi connectivity index (χ0v) is 15.7. The molecule has 3 rings (SSSR count). The summed E-state index contributed by atoms with van der Waals surface area (Å²) < 4.78 is 4.99. The number of nitrogens with zero attached hydrogens (tertiary/aromatic N) is 2. The third-order valence-electron chi connectivity index (χ3n) is 4.42. The van der Waals surface area contributed by atoms with Gasteiger partial charge in [0.1, 0.15) is 5.15 Å². The lowest BCUT2D eigenvalue weighted by atomic mass is 10.2. The van der Waals surface area contributed by atoms with Crippen molar-refractivity contribution in [2.75, 3.05) is 29.9 Å². The smallest absolute Gasteiger partial charge is 0.340 e. The molecule has 1 N–H and O–H groups in total. The normalized spacial score (nSPS) is 14.3. The Morgan fingerprint density at radius 3 is 2.37 bits per heavy atom. The highest BCUT2D eigenvalue weighted by atomic mass is 35.5. The van der Waals surface area contributed by atoms with Crippen molar-refractivity contribution >= 4 is 34.9 Å². The van der Waals surface area contributed by atoms with Crippen LogP contribution < -0.4 is 10.2 Å². The number of rotatable bonds is 5. The molecule has 2 aromatic rings. The monoisotopic (exact) mass is 387 g/mol. The molecule has 142 valence electrons. The van der Waals surface area contributed by atoms with Crippen LogP contribution in [0.15, 0.2) is 42.6 Å². The first kappa shape index (κ1) is 19.2. The summed E-state index contributed by atoms with van der Waals surface area (Å²) >= 11 is 5.67. The summed E-state index contributed by atoms with van der Waals surface area (Å²) in [6.45, 7) is 1.78. The third kappa shape index (κ3) is 5.69. The lowest BCUT2D eigenvalue weighted by molar-refractivity contribution is -0.119. The average Bonchev–Trinajstić information content (AvgIpc) is 2.97. The molecule has 0 spiro atoms. The summed E-state index contributed by atoms with van der Waals surface area (Å²) in [6, 6.07) is 10.7. The highest BCUT2D eigenvalue weighted by Gasteiger charge is 2.12. The number of pyridine rings is 1. The Kier molecular flexibility index (Phi) is 6.65. The molecule has 1 fully saturated rings. The summed E-state index contributed by atoms with van der Waals surface area (Å²) in [4.78, 5) is 30.1. The van der Waals surface area contributed by atoms with Gasteiger partial charge < -0.3 is 15.0 Å². The predicted molar refractivity (Wildman–Crippen MR) is 105 cm³/mol. The number of benzene rings is 1. The van der Waals surface area contributed by atoms with Crippen molar-refractivity contribution < 1.29 is 14.3 Å².